The van der Waals surface area contributed by atoms with Gasteiger partial charge in [0, 0.05) is 13.7 Å². The number of hydrogen-bond donors (Lipinski definition) is 3. The van der Waals surface area contributed by atoms with Crippen LogP contribution in [0.3, 0.4) is 0 Å². The molecule has 4 N–H and O–H groups in total. The summed E-state index contributed by atoms with van der Waals surface area (Å²) < 4.78 is 6.20. The van der Waals surface area contributed by atoms with E-state index in [0.717, 1.165) is 0 Å². The van der Waals surface area contributed by atoms with E-state index in [9.17, 15) is 9.59 Å². The fourth-order valence-electron chi connectivity index (χ4n) is 1.52. The summed E-state index contributed by atoms with van der Waals surface area (Å²) in [5.41, 5.74) is 5.07. The van der Waals surface area contributed by atoms with E-state index in [0.29, 0.717) is 19.7 Å². The van der Waals surface area contributed by atoms with E-state index < -0.39 is 11.2 Å². The van der Waals surface area contributed by atoms with Crippen LogP contribution < -0.4 is 22.3 Å². The zero-order valence-corrected chi connectivity index (χ0v) is 11.9. The number of nitrogens with one attached hydrogen (secondary N) is 2. The van der Waals surface area contributed by atoms with E-state index in [1.807, 2.05) is 20.8 Å². The molecule has 0 amide bonds. The maximum atomic E-state index is 11.8. The number of nitrogens with two attached hydrogens (primary N) is 1. The zero-order valence-electron chi connectivity index (χ0n) is 11.9. The second kappa shape index (κ2) is 5.92. The number of nitrogens with zero attached hydrogens (tertiary/aromatic N) is 1. The Bertz CT molecular complexity index is 539. The van der Waals surface area contributed by atoms with Crippen LogP contribution in [0.25, 0.3) is 0 Å². The third-order valence-corrected chi connectivity index (χ3v) is 2.55. The molecule has 0 saturated heterocycles. The molecule has 1 aromatic rings. The van der Waals surface area contributed by atoms with Gasteiger partial charge in [0.1, 0.15) is 11.5 Å². The first-order chi connectivity index (χ1) is 8.76. The second-order valence-corrected chi connectivity index (χ2v) is 5.58. The Labute approximate surface area is 111 Å². The van der Waals surface area contributed by atoms with E-state index in [4.69, 9.17) is 10.5 Å². The molecule has 0 aromatic carbocycles. The van der Waals surface area contributed by atoms with Crippen molar-refractivity contribution in [2.45, 2.75) is 27.3 Å². The molecule has 0 atom stereocenters. The highest BCUT2D eigenvalue weighted by Crippen LogP contribution is 2.16. The molecule has 0 fully saturated rings. The number of rotatable bonds is 5. The van der Waals surface area contributed by atoms with Crippen molar-refractivity contribution in [2.24, 2.45) is 5.41 Å². The Morgan fingerprint density at radius 3 is 2.53 bits per heavy atom. The Morgan fingerprint density at radius 2 is 2.00 bits per heavy atom. The first kappa shape index (κ1) is 15.3. The van der Waals surface area contributed by atoms with Gasteiger partial charge in [0.05, 0.1) is 13.2 Å². The van der Waals surface area contributed by atoms with Crippen LogP contribution in [0.1, 0.15) is 20.8 Å². The quantitative estimate of drug-likeness (QED) is 0.710. The number of aromatic nitrogens is 2. The molecule has 19 heavy (non-hydrogen) atoms. The molecular weight excluding hydrogens is 248 g/mol. The van der Waals surface area contributed by atoms with Crippen molar-refractivity contribution in [3.05, 3.63) is 20.8 Å². The van der Waals surface area contributed by atoms with E-state index in [2.05, 4.69) is 10.3 Å². The molecule has 1 heterocycles. The number of ether oxygens (including phenoxy) is 1. The highest BCUT2D eigenvalue weighted by Gasteiger charge is 2.15. The van der Waals surface area contributed by atoms with Crippen molar-refractivity contribution in [1.82, 2.24) is 9.55 Å². The summed E-state index contributed by atoms with van der Waals surface area (Å²) in [6, 6.07) is 0. The first-order valence-corrected chi connectivity index (χ1v) is 6.11. The third-order valence-electron chi connectivity index (χ3n) is 2.55. The van der Waals surface area contributed by atoms with Crippen LogP contribution in [0.5, 0.6) is 0 Å². The van der Waals surface area contributed by atoms with Gasteiger partial charge in [-0.15, -0.1) is 0 Å². The first-order valence-electron chi connectivity index (χ1n) is 6.11. The highest BCUT2D eigenvalue weighted by atomic mass is 16.5. The van der Waals surface area contributed by atoms with Gasteiger partial charge in [-0.2, -0.15) is 0 Å². The van der Waals surface area contributed by atoms with E-state index in [1.165, 1.54) is 11.7 Å². The lowest BCUT2D eigenvalue weighted by Crippen LogP contribution is -2.36. The number of nitrogen functional groups attached to an aromatic ring is 1. The minimum Gasteiger partial charge on any atom is -0.383 e. The molecule has 0 bridgehead atoms. The molecule has 7 nitrogen and oxygen atoms in total. The average Bonchev–Trinajstić information content (AvgIpc) is 2.26. The molecule has 0 unspecified atom stereocenters. The highest BCUT2D eigenvalue weighted by molar-refractivity contribution is 5.60. The monoisotopic (exact) mass is 270 g/mol. The van der Waals surface area contributed by atoms with Gasteiger partial charge in [0.15, 0.2) is 0 Å². The van der Waals surface area contributed by atoms with Gasteiger partial charge in [-0.25, -0.2) is 4.79 Å². The third kappa shape index (κ3) is 4.13. The zero-order chi connectivity index (χ0) is 14.6. The summed E-state index contributed by atoms with van der Waals surface area (Å²) in [5, 5.41) is 3.00. The predicted molar refractivity (Wildman–Crippen MR) is 75.6 cm³/mol. The van der Waals surface area contributed by atoms with Crippen molar-refractivity contribution >= 4 is 11.5 Å². The van der Waals surface area contributed by atoms with E-state index in [1.54, 1.807) is 0 Å². The number of methoxy groups -OCH3 is 1. The van der Waals surface area contributed by atoms with Gasteiger partial charge in [-0.05, 0) is 5.41 Å². The van der Waals surface area contributed by atoms with Crippen LogP contribution in [0.15, 0.2) is 9.59 Å². The maximum absolute atomic E-state index is 11.8. The van der Waals surface area contributed by atoms with E-state index in [-0.39, 0.29) is 16.9 Å². The van der Waals surface area contributed by atoms with Gasteiger partial charge < -0.3 is 15.8 Å². The van der Waals surface area contributed by atoms with Crippen LogP contribution in [-0.2, 0) is 11.3 Å². The van der Waals surface area contributed by atoms with Crippen LogP contribution in [0.4, 0.5) is 11.5 Å². The number of aromatic amines is 1. The Morgan fingerprint density at radius 1 is 1.37 bits per heavy atom. The normalized spacial score (nSPS) is 11.6. The largest absolute Gasteiger partial charge is 0.383 e. The van der Waals surface area contributed by atoms with Crippen LogP contribution in [0, 0.1) is 5.41 Å². The summed E-state index contributed by atoms with van der Waals surface area (Å²) in [6.07, 6.45) is 0. The summed E-state index contributed by atoms with van der Waals surface area (Å²) in [6.45, 7) is 7.31. The molecule has 0 aliphatic rings. The Balaban J connectivity index is 3.10. The molecule has 7 heteroatoms. The van der Waals surface area contributed by atoms with Crippen molar-refractivity contribution in [2.75, 3.05) is 31.3 Å². The van der Waals surface area contributed by atoms with Gasteiger partial charge in [0.2, 0.25) is 0 Å². The van der Waals surface area contributed by atoms with Gasteiger partial charge in [-0.1, -0.05) is 20.8 Å². The maximum Gasteiger partial charge on any atom is 0.330 e. The molecule has 0 spiro atoms. The Hall–Kier alpha value is -1.76. The molecule has 0 radical (unpaired) electrons. The van der Waals surface area contributed by atoms with Crippen molar-refractivity contribution < 1.29 is 4.74 Å². The smallest absolute Gasteiger partial charge is 0.330 e. The lowest BCUT2D eigenvalue weighted by molar-refractivity contribution is 0.186. The fourth-order valence-corrected chi connectivity index (χ4v) is 1.52. The predicted octanol–water partition coefficient (Wildman–Crippen LogP) is 0.223. The minimum absolute atomic E-state index is 0.00756. The number of anilines is 2. The minimum atomic E-state index is -0.527. The summed E-state index contributed by atoms with van der Waals surface area (Å²) in [5.74, 6) is 0.134. The van der Waals surface area contributed by atoms with Crippen molar-refractivity contribution in [3.63, 3.8) is 0 Å². The average molecular weight is 270 g/mol. The topological polar surface area (TPSA) is 102 Å². The summed E-state index contributed by atoms with van der Waals surface area (Å²) in [4.78, 5) is 25.7. The van der Waals surface area contributed by atoms with Crippen LogP contribution >= 0.6 is 0 Å². The molecule has 1 rings (SSSR count). The Kier molecular flexibility index (Phi) is 4.77. The molecule has 1 aromatic heterocycles. The molecule has 0 saturated carbocycles. The van der Waals surface area contributed by atoms with Gasteiger partial charge >= 0.3 is 5.69 Å². The standard InChI is InChI=1S/C12H22N4O3/c1-12(2,3)7-14-8-9(13)16(5-6-19-4)11(18)15-10(8)17/h14H,5-7,13H2,1-4H3,(H,15,17,18). The summed E-state index contributed by atoms with van der Waals surface area (Å²) in [7, 11) is 1.53. The van der Waals surface area contributed by atoms with Crippen molar-refractivity contribution in [3.8, 4) is 0 Å². The van der Waals surface area contributed by atoms with E-state index >= 15 is 0 Å². The fraction of sp³-hybridized carbons (Fsp3) is 0.667. The lowest BCUT2D eigenvalue weighted by atomic mass is 9.97. The van der Waals surface area contributed by atoms with Crippen LogP contribution in [-0.4, -0.2) is 29.8 Å². The second-order valence-electron chi connectivity index (χ2n) is 5.58. The van der Waals surface area contributed by atoms with Gasteiger partial charge in [0.25, 0.3) is 5.56 Å². The SMILES string of the molecule is COCCn1c(N)c(NCC(C)(C)C)c(=O)[nH]c1=O. The molecule has 0 aliphatic heterocycles. The van der Waals surface area contributed by atoms with Gasteiger partial charge in [-0.3, -0.25) is 14.3 Å². The van der Waals surface area contributed by atoms with Crippen LogP contribution in [0.2, 0.25) is 0 Å². The number of H-pyrrole nitrogens is 1. The lowest BCUT2D eigenvalue weighted by Gasteiger charge is -2.20. The molecule has 108 valence electrons. The number of hydrogen-bond acceptors (Lipinski definition) is 5. The molecular formula is C12H22N4O3. The summed E-state index contributed by atoms with van der Waals surface area (Å²) >= 11 is 0. The van der Waals surface area contributed by atoms with Crippen molar-refractivity contribution in [1.29, 1.82) is 0 Å². The molecule has 0 aliphatic carbocycles.